The maximum absolute atomic E-state index is 12.5. The van der Waals surface area contributed by atoms with Crippen molar-refractivity contribution < 1.29 is 14.4 Å². The first-order valence-electron chi connectivity index (χ1n) is 8.04. The third-order valence-electron chi connectivity index (χ3n) is 4.88. The van der Waals surface area contributed by atoms with Crippen molar-refractivity contribution in [2.75, 3.05) is 33.2 Å². The van der Waals surface area contributed by atoms with Crippen LogP contribution in [0.15, 0.2) is 0 Å². The van der Waals surface area contributed by atoms with Crippen molar-refractivity contribution in [3.63, 3.8) is 0 Å². The lowest BCUT2D eigenvalue weighted by molar-refractivity contribution is -0.138. The van der Waals surface area contributed by atoms with Gasteiger partial charge in [0.05, 0.1) is 0 Å². The molecule has 2 aliphatic heterocycles. The predicted octanol–water partition coefficient (Wildman–Crippen LogP) is 0.587. The Morgan fingerprint density at radius 1 is 1.35 bits per heavy atom. The monoisotopic (exact) mass is 346 g/mol. The van der Waals surface area contributed by atoms with Crippen molar-refractivity contribution in [3.05, 3.63) is 0 Å². The molecule has 0 bridgehead atoms. The molecule has 2 saturated heterocycles. The van der Waals surface area contributed by atoms with Crippen molar-refractivity contribution in [2.45, 2.75) is 38.6 Å². The molecular weight excluding hydrogens is 320 g/mol. The van der Waals surface area contributed by atoms with E-state index in [0.717, 1.165) is 17.9 Å². The van der Waals surface area contributed by atoms with Gasteiger partial charge in [0, 0.05) is 13.1 Å². The molecule has 2 rings (SSSR count). The second kappa shape index (κ2) is 7.97. The number of imide groups is 1. The van der Waals surface area contributed by atoms with Crippen LogP contribution in [0.25, 0.3) is 0 Å². The molecule has 2 heterocycles. The normalized spacial score (nSPS) is 23.0. The number of hydrogen-bond donors (Lipinski definition) is 2. The average Bonchev–Trinajstić information content (AvgIpc) is 3.06. The molecule has 0 aromatic heterocycles. The number of amides is 4. The third-order valence-corrected chi connectivity index (χ3v) is 4.88. The van der Waals surface area contributed by atoms with Gasteiger partial charge in [-0.3, -0.25) is 14.5 Å². The van der Waals surface area contributed by atoms with Gasteiger partial charge in [-0.2, -0.15) is 0 Å². The summed E-state index contributed by atoms with van der Waals surface area (Å²) in [4.78, 5) is 39.7. The van der Waals surface area contributed by atoms with Crippen LogP contribution in [-0.4, -0.2) is 66.4 Å². The smallest absolute Gasteiger partial charge is 0.325 e. The lowest BCUT2D eigenvalue weighted by Gasteiger charge is -2.24. The molecule has 2 fully saturated rings. The minimum absolute atomic E-state index is 0. The highest BCUT2D eigenvalue weighted by molar-refractivity contribution is 6.09. The first-order chi connectivity index (χ1) is 10.5. The summed E-state index contributed by atoms with van der Waals surface area (Å²) in [5, 5.41) is 5.86. The fourth-order valence-corrected chi connectivity index (χ4v) is 3.30. The van der Waals surface area contributed by atoms with E-state index in [1.807, 2.05) is 20.9 Å². The zero-order chi connectivity index (χ0) is 16.3. The van der Waals surface area contributed by atoms with Crippen LogP contribution < -0.4 is 10.6 Å². The van der Waals surface area contributed by atoms with E-state index in [2.05, 4.69) is 10.6 Å². The molecule has 2 N–H and O–H groups in total. The van der Waals surface area contributed by atoms with Gasteiger partial charge in [0.25, 0.3) is 5.91 Å². The van der Waals surface area contributed by atoms with E-state index in [0.29, 0.717) is 31.8 Å². The van der Waals surface area contributed by atoms with Crippen LogP contribution >= 0.6 is 12.4 Å². The number of nitrogens with one attached hydrogen (secondary N) is 2. The Hall–Kier alpha value is -1.34. The van der Waals surface area contributed by atoms with Crippen molar-refractivity contribution in [3.8, 4) is 0 Å². The number of rotatable bonds is 6. The second-order valence-electron chi connectivity index (χ2n) is 6.16. The van der Waals surface area contributed by atoms with Gasteiger partial charge in [-0.1, -0.05) is 13.8 Å². The zero-order valence-electron chi connectivity index (χ0n) is 14.1. The van der Waals surface area contributed by atoms with E-state index < -0.39 is 11.6 Å². The molecule has 0 radical (unpaired) electrons. The molecule has 0 spiro atoms. The van der Waals surface area contributed by atoms with Gasteiger partial charge >= 0.3 is 6.03 Å². The van der Waals surface area contributed by atoms with E-state index in [1.54, 1.807) is 4.90 Å². The molecule has 0 saturated carbocycles. The number of likely N-dealkylation sites (tertiary alicyclic amines) is 1. The maximum atomic E-state index is 12.5. The van der Waals surface area contributed by atoms with Crippen molar-refractivity contribution in [1.29, 1.82) is 0 Å². The SMILES string of the molecule is CCC1(CC)NC(=O)N(CC(=O)N2CCC(CNC)C2)C1=O.Cl. The van der Waals surface area contributed by atoms with Gasteiger partial charge in [0.15, 0.2) is 0 Å². The minimum atomic E-state index is -0.836. The van der Waals surface area contributed by atoms with Gasteiger partial charge < -0.3 is 15.5 Å². The molecule has 1 unspecified atom stereocenters. The van der Waals surface area contributed by atoms with Gasteiger partial charge in [-0.15, -0.1) is 12.4 Å². The van der Waals surface area contributed by atoms with Crippen LogP contribution in [0.2, 0.25) is 0 Å². The molecule has 7 nitrogen and oxygen atoms in total. The van der Waals surface area contributed by atoms with E-state index in [9.17, 15) is 14.4 Å². The largest absolute Gasteiger partial charge is 0.341 e. The number of nitrogens with zero attached hydrogens (tertiary/aromatic N) is 2. The third kappa shape index (κ3) is 3.77. The Labute approximate surface area is 143 Å². The zero-order valence-corrected chi connectivity index (χ0v) is 14.9. The van der Waals surface area contributed by atoms with Crippen LogP contribution in [0.4, 0.5) is 4.79 Å². The fourth-order valence-electron chi connectivity index (χ4n) is 3.30. The maximum Gasteiger partial charge on any atom is 0.325 e. The summed E-state index contributed by atoms with van der Waals surface area (Å²) in [7, 11) is 1.90. The summed E-state index contributed by atoms with van der Waals surface area (Å²) in [5.74, 6) is 0.0226. The molecule has 2 aliphatic rings. The summed E-state index contributed by atoms with van der Waals surface area (Å²) < 4.78 is 0. The topological polar surface area (TPSA) is 81.8 Å². The number of urea groups is 1. The molecule has 0 aromatic rings. The minimum Gasteiger partial charge on any atom is -0.341 e. The molecule has 0 aromatic carbocycles. The summed E-state index contributed by atoms with van der Waals surface area (Å²) in [6, 6.07) is -0.451. The van der Waals surface area contributed by atoms with Crippen LogP contribution in [0.1, 0.15) is 33.1 Å². The number of halogens is 1. The predicted molar refractivity (Wildman–Crippen MR) is 89.4 cm³/mol. The quantitative estimate of drug-likeness (QED) is 0.690. The van der Waals surface area contributed by atoms with Crippen LogP contribution in [0, 0.1) is 5.92 Å². The van der Waals surface area contributed by atoms with Crippen molar-refractivity contribution >= 4 is 30.3 Å². The van der Waals surface area contributed by atoms with Crippen LogP contribution in [-0.2, 0) is 9.59 Å². The van der Waals surface area contributed by atoms with E-state index in [1.165, 1.54) is 0 Å². The van der Waals surface area contributed by atoms with Gasteiger partial charge in [0.1, 0.15) is 12.1 Å². The Morgan fingerprint density at radius 3 is 2.52 bits per heavy atom. The van der Waals surface area contributed by atoms with E-state index in [-0.39, 0.29) is 30.8 Å². The van der Waals surface area contributed by atoms with E-state index in [4.69, 9.17) is 0 Å². The lowest BCUT2D eigenvalue weighted by Crippen LogP contribution is -2.47. The molecule has 23 heavy (non-hydrogen) atoms. The fraction of sp³-hybridized carbons (Fsp3) is 0.800. The van der Waals surface area contributed by atoms with Crippen molar-refractivity contribution in [1.82, 2.24) is 20.4 Å². The van der Waals surface area contributed by atoms with Crippen LogP contribution in [0.5, 0.6) is 0 Å². The molecule has 1 atom stereocenters. The first-order valence-corrected chi connectivity index (χ1v) is 8.04. The number of carbonyl (C=O) groups excluding carboxylic acids is 3. The van der Waals surface area contributed by atoms with E-state index >= 15 is 0 Å². The highest BCUT2D eigenvalue weighted by Gasteiger charge is 2.49. The molecule has 8 heteroatoms. The molecule has 0 aliphatic carbocycles. The lowest BCUT2D eigenvalue weighted by atomic mass is 9.93. The second-order valence-corrected chi connectivity index (χ2v) is 6.16. The Morgan fingerprint density at radius 2 is 2.00 bits per heavy atom. The number of hydrogen-bond acceptors (Lipinski definition) is 4. The van der Waals surface area contributed by atoms with Gasteiger partial charge in [0.2, 0.25) is 5.91 Å². The molecule has 4 amide bonds. The summed E-state index contributed by atoms with van der Waals surface area (Å²) >= 11 is 0. The van der Waals surface area contributed by atoms with Crippen LogP contribution in [0.3, 0.4) is 0 Å². The average molecular weight is 347 g/mol. The standard InChI is InChI=1S/C15H26N4O3.ClH/c1-4-15(5-2)13(21)19(14(22)17-15)10-12(20)18-7-6-11(9-18)8-16-3;/h11,16H,4-10H2,1-3H3,(H,17,22);1H. The molecular formula is C15H27ClN4O3. The summed E-state index contributed by atoms with van der Waals surface area (Å²) in [6.45, 7) is 5.85. The summed E-state index contributed by atoms with van der Waals surface area (Å²) in [5.41, 5.74) is -0.836. The Bertz CT molecular complexity index is 468. The first kappa shape index (κ1) is 19.7. The van der Waals surface area contributed by atoms with Crippen molar-refractivity contribution in [2.24, 2.45) is 5.92 Å². The number of carbonyl (C=O) groups is 3. The Balaban J connectivity index is 0.00000264. The molecule has 132 valence electrons. The Kier molecular flexibility index (Phi) is 6.83. The van der Waals surface area contributed by atoms with Gasteiger partial charge in [-0.25, -0.2) is 4.79 Å². The highest BCUT2D eigenvalue weighted by Crippen LogP contribution is 2.25. The summed E-state index contributed by atoms with van der Waals surface area (Å²) in [6.07, 6.45) is 2.03. The highest BCUT2D eigenvalue weighted by atomic mass is 35.5. The van der Waals surface area contributed by atoms with Gasteiger partial charge in [-0.05, 0) is 38.8 Å².